The molecule has 0 spiro atoms. The summed E-state index contributed by atoms with van der Waals surface area (Å²) in [6.45, 7) is 8.33. The number of aromatic amines is 1. The minimum absolute atomic E-state index is 0.0176. The first-order chi connectivity index (χ1) is 40.3. The number of anilines is 1. The largest absolute Gasteiger partial charge is 0.405 e. The van der Waals surface area contributed by atoms with Crippen LogP contribution in [0.1, 0.15) is 70.8 Å². The van der Waals surface area contributed by atoms with E-state index in [1.165, 1.54) is 30.3 Å². The Balaban J connectivity index is 1.01. The highest BCUT2D eigenvalue weighted by molar-refractivity contribution is 8.07. The number of ether oxygens (including phenoxy) is 4. The van der Waals surface area contributed by atoms with E-state index in [1.54, 1.807) is 35.2 Å². The van der Waals surface area contributed by atoms with Crippen molar-refractivity contribution in [3.05, 3.63) is 203 Å². The van der Waals surface area contributed by atoms with Crippen LogP contribution in [-0.4, -0.2) is 121 Å². The SMILES string of the molecule is COCCO[C@@H]1[C@H](OP(O)(=S)OC[C@H]2O[C@@H](n3cnc4c(NC(=O)c5ccccc5)ncnc43)C[C@@H]2O[Si](c2ccccc2)(c2ccccc2)C(C)(C)C)[C@@H](CO[Si](c2ccccc2)(c2ccccc2)C(C)(C)C)O[C@H]1n1ccc(=O)[nH]c1=O. The van der Waals surface area contributed by atoms with Crippen LogP contribution in [0, 0.1) is 0 Å². The second kappa shape index (κ2) is 25.6. The molecule has 2 fully saturated rings. The van der Waals surface area contributed by atoms with Crippen LogP contribution in [0.2, 0.25) is 10.1 Å². The van der Waals surface area contributed by atoms with Gasteiger partial charge in [-0.25, -0.2) is 19.7 Å². The number of imidazole rings is 1. The van der Waals surface area contributed by atoms with Crippen molar-refractivity contribution in [1.82, 2.24) is 29.1 Å². The topological polar surface area (TPSA) is 222 Å². The zero-order valence-electron chi connectivity index (χ0n) is 47.8. The minimum atomic E-state index is -4.40. The van der Waals surface area contributed by atoms with Crippen LogP contribution < -0.4 is 37.3 Å². The van der Waals surface area contributed by atoms with E-state index in [9.17, 15) is 19.3 Å². The summed E-state index contributed by atoms with van der Waals surface area (Å²) >= 11 is 6.03. The fourth-order valence-electron chi connectivity index (χ4n) is 11.6. The van der Waals surface area contributed by atoms with E-state index in [2.05, 4.69) is 110 Å². The molecule has 440 valence electrons. The van der Waals surface area contributed by atoms with E-state index < -0.39 is 87.7 Å². The predicted octanol–water partition coefficient (Wildman–Crippen LogP) is 6.99. The zero-order chi connectivity index (χ0) is 59.3. The maximum Gasteiger partial charge on any atom is 0.330 e. The molecule has 19 nitrogen and oxygen atoms in total. The van der Waals surface area contributed by atoms with Gasteiger partial charge in [-0.05, 0) is 54.8 Å². The van der Waals surface area contributed by atoms with Crippen molar-refractivity contribution in [2.24, 2.45) is 0 Å². The van der Waals surface area contributed by atoms with Crippen molar-refractivity contribution in [2.45, 2.75) is 101 Å². The minimum Gasteiger partial charge on any atom is -0.405 e. The number of aromatic nitrogens is 6. The average Bonchev–Trinajstić information content (AvgIpc) is 1.78. The second-order valence-electron chi connectivity index (χ2n) is 22.8. The summed E-state index contributed by atoms with van der Waals surface area (Å²) in [7, 11) is -5.03. The number of carbonyl (C=O) groups excluding carboxylic acids is 1. The van der Waals surface area contributed by atoms with Crippen LogP contribution in [0.25, 0.3) is 11.2 Å². The van der Waals surface area contributed by atoms with Crippen LogP contribution in [0.4, 0.5) is 5.82 Å². The van der Waals surface area contributed by atoms with Crippen molar-refractivity contribution in [1.29, 1.82) is 0 Å². The molecule has 0 radical (unpaired) electrons. The van der Waals surface area contributed by atoms with Gasteiger partial charge in [-0.2, -0.15) is 0 Å². The van der Waals surface area contributed by atoms with E-state index in [0.29, 0.717) is 16.7 Å². The monoisotopic (exact) mass is 1210 g/mol. The molecule has 5 aromatic carbocycles. The Kier molecular flexibility index (Phi) is 18.5. The summed E-state index contributed by atoms with van der Waals surface area (Å²) in [6, 6.07) is 50.6. The molecule has 2 aliphatic heterocycles. The third-order valence-corrected chi connectivity index (χ3v) is 27.0. The molecule has 2 aliphatic rings. The van der Waals surface area contributed by atoms with Gasteiger partial charge in [0.1, 0.15) is 37.0 Å². The Bertz CT molecular complexity index is 3590. The third-order valence-electron chi connectivity index (χ3n) is 15.4. The van der Waals surface area contributed by atoms with Crippen LogP contribution in [-0.2, 0) is 48.7 Å². The first-order valence-corrected chi connectivity index (χ1v) is 34.2. The number of nitrogens with zero attached hydrogens (tertiary/aromatic N) is 5. The highest BCUT2D eigenvalue weighted by atomic mass is 32.5. The van der Waals surface area contributed by atoms with E-state index in [0.717, 1.165) is 20.7 Å². The second-order valence-corrected chi connectivity index (χ2v) is 34.1. The van der Waals surface area contributed by atoms with Gasteiger partial charge in [0.15, 0.2) is 23.2 Å². The molecule has 8 atom stereocenters. The smallest absolute Gasteiger partial charge is 0.330 e. The maximum absolute atomic E-state index is 13.7. The molecule has 1 unspecified atom stereocenters. The van der Waals surface area contributed by atoms with Gasteiger partial charge in [0.25, 0.3) is 28.1 Å². The summed E-state index contributed by atoms with van der Waals surface area (Å²) in [5, 5.41) is 6.06. The van der Waals surface area contributed by atoms with Gasteiger partial charge < -0.3 is 42.5 Å². The molecule has 5 heterocycles. The van der Waals surface area contributed by atoms with Crippen molar-refractivity contribution in [3.63, 3.8) is 0 Å². The number of benzene rings is 5. The number of hydrogen-bond donors (Lipinski definition) is 3. The molecule has 2 saturated heterocycles. The van der Waals surface area contributed by atoms with Gasteiger partial charge in [-0.1, -0.05) is 181 Å². The molecule has 3 N–H and O–H groups in total. The maximum atomic E-state index is 13.7. The van der Waals surface area contributed by atoms with Crippen molar-refractivity contribution >= 4 is 78.8 Å². The number of rotatable bonds is 22. The van der Waals surface area contributed by atoms with Gasteiger partial charge in [-0.3, -0.25) is 28.2 Å². The van der Waals surface area contributed by atoms with E-state index in [1.807, 2.05) is 78.9 Å². The lowest BCUT2D eigenvalue weighted by molar-refractivity contribution is -0.0813. The van der Waals surface area contributed by atoms with Gasteiger partial charge >= 0.3 is 12.4 Å². The van der Waals surface area contributed by atoms with Crippen LogP contribution in [0.3, 0.4) is 0 Å². The van der Waals surface area contributed by atoms with Crippen molar-refractivity contribution in [2.75, 3.05) is 38.9 Å². The molecule has 0 bridgehead atoms. The predicted molar refractivity (Wildman–Crippen MR) is 328 cm³/mol. The molecule has 3 aromatic heterocycles. The fourth-order valence-corrected chi connectivity index (χ4v) is 22.3. The first-order valence-electron chi connectivity index (χ1n) is 27.8. The Morgan fingerprint density at radius 2 is 1.27 bits per heavy atom. The van der Waals surface area contributed by atoms with Gasteiger partial charge in [0.2, 0.25) is 0 Å². The standard InChI is InChI=1S/C61H70N7O12PSSi2/c1-60(2,3)83(43-25-15-9-16-26-43,44-27-17-10-18-28-44)76-39-49-53(54(74-36-35-73-7)58(78-49)67-34-33-50(69)65-59(67)71)79-81(72,82)75-38-48-47(80-84(61(4,5)6,45-29-19-11-20-30-45)46-31-21-12-22-32-46)37-51(77-48)68-41-64-52-55(62-40-63-56(52)68)66-57(70)42-23-13-8-14-24-42/h8-34,40-41,47-49,51,53-54,58H,35-39H2,1-7H3,(H,72,82)(H,65,69,71)(H,62,63,66,70)/t47-,48+,49+,51+,53+,54+,58+,81?/m0/s1. The Labute approximate surface area is 494 Å². The van der Waals surface area contributed by atoms with Crippen LogP contribution in [0.15, 0.2) is 186 Å². The molecule has 10 rings (SSSR count). The molecule has 1 amide bonds. The lowest BCUT2D eigenvalue weighted by atomic mass is 10.1. The molecule has 23 heteroatoms. The highest BCUT2D eigenvalue weighted by Crippen LogP contribution is 2.51. The molecule has 0 aliphatic carbocycles. The average molecular weight is 1210 g/mol. The van der Waals surface area contributed by atoms with Crippen LogP contribution in [0.5, 0.6) is 0 Å². The normalized spacial score (nSPS) is 21.1. The van der Waals surface area contributed by atoms with Crippen molar-refractivity contribution in [3.8, 4) is 0 Å². The number of carbonyl (C=O) groups is 1. The number of amides is 1. The molecule has 84 heavy (non-hydrogen) atoms. The van der Waals surface area contributed by atoms with Crippen LogP contribution >= 0.6 is 6.72 Å². The zero-order valence-corrected chi connectivity index (χ0v) is 51.6. The quantitative estimate of drug-likeness (QED) is 0.0354. The Morgan fingerprint density at radius 3 is 1.82 bits per heavy atom. The third kappa shape index (κ3) is 12.6. The molecule has 0 saturated carbocycles. The summed E-state index contributed by atoms with van der Waals surface area (Å²) in [6.07, 6.45) is -2.51. The molecule has 8 aromatic rings. The highest BCUT2D eigenvalue weighted by Gasteiger charge is 2.56. The number of hydrogen-bond acceptors (Lipinski definition) is 15. The van der Waals surface area contributed by atoms with Gasteiger partial charge in [0.05, 0.1) is 38.9 Å². The lowest BCUT2D eigenvalue weighted by Gasteiger charge is -2.45. The fraction of sp³-hybridized carbons (Fsp3) is 0.344. The number of fused-ring (bicyclic) bond motifs is 1. The van der Waals surface area contributed by atoms with E-state index in [4.69, 9.17) is 53.6 Å². The van der Waals surface area contributed by atoms with Crippen molar-refractivity contribution < 1.29 is 46.5 Å². The lowest BCUT2D eigenvalue weighted by Crippen LogP contribution is -2.68. The van der Waals surface area contributed by atoms with Gasteiger partial charge in [0, 0.05) is 31.4 Å². The van der Waals surface area contributed by atoms with E-state index in [-0.39, 0.29) is 44.6 Å². The molecular formula is C61H70N7O12PSSi2. The molecular weight excluding hydrogens is 1140 g/mol. The number of nitrogens with one attached hydrogen (secondary N) is 2. The van der Waals surface area contributed by atoms with Gasteiger partial charge in [-0.15, -0.1) is 0 Å². The summed E-state index contributed by atoms with van der Waals surface area (Å²) in [5.41, 5.74) is -0.191. The summed E-state index contributed by atoms with van der Waals surface area (Å²) < 4.78 is 57.2. The Morgan fingerprint density at radius 1 is 0.714 bits per heavy atom. The summed E-state index contributed by atoms with van der Waals surface area (Å²) in [5.74, 6) is -0.150. The summed E-state index contributed by atoms with van der Waals surface area (Å²) in [4.78, 5) is 68.2. The Hall–Kier alpha value is -6.48. The number of H-pyrrole nitrogens is 1. The first kappa shape index (κ1) is 60.6. The number of methoxy groups -OCH3 is 1. The van der Waals surface area contributed by atoms with E-state index >= 15 is 0 Å².